The molecule has 2 aliphatic rings. The first-order valence-corrected chi connectivity index (χ1v) is 10.3. The topological polar surface area (TPSA) is 95.0 Å². The average molecular weight is 380 g/mol. The van der Waals surface area contributed by atoms with E-state index in [-0.39, 0.29) is 23.3 Å². The van der Waals surface area contributed by atoms with Crippen molar-refractivity contribution >= 4 is 27.6 Å². The summed E-state index contributed by atoms with van der Waals surface area (Å²) in [5.74, 6) is -1.80. The van der Waals surface area contributed by atoms with Crippen LogP contribution in [-0.4, -0.2) is 49.3 Å². The molecule has 0 aromatic heterocycles. The number of carboxylic acids is 1. The van der Waals surface area contributed by atoms with Gasteiger partial charge in [-0.05, 0) is 42.9 Å². The van der Waals surface area contributed by atoms with Crippen LogP contribution in [0.4, 0.5) is 5.69 Å². The van der Waals surface area contributed by atoms with Gasteiger partial charge in [0.1, 0.15) is 0 Å². The third-order valence-corrected chi connectivity index (χ3v) is 7.00. The fraction of sp³-hybridized carbons (Fsp3) is 0.556. The van der Waals surface area contributed by atoms with Crippen LogP contribution in [0.2, 0.25) is 0 Å². The lowest BCUT2D eigenvalue weighted by molar-refractivity contribution is -0.143. The molecular formula is C18H24N2O5S. The molecule has 2 unspecified atom stereocenters. The fourth-order valence-corrected chi connectivity index (χ4v) is 5.49. The maximum atomic E-state index is 13.1. The highest BCUT2D eigenvalue weighted by Gasteiger charge is 2.36. The maximum absolute atomic E-state index is 13.1. The number of carbonyl (C=O) groups excluding carboxylic acids is 1. The Morgan fingerprint density at radius 3 is 2.62 bits per heavy atom. The summed E-state index contributed by atoms with van der Waals surface area (Å²) in [5, 5.41) is 9.30. The molecule has 142 valence electrons. The summed E-state index contributed by atoms with van der Waals surface area (Å²) < 4.78 is 27.5. The summed E-state index contributed by atoms with van der Waals surface area (Å²) in [6.07, 6.45) is 2.13. The minimum absolute atomic E-state index is 0.0183. The highest BCUT2D eigenvalue weighted by molar-refractivity contribution is 7.89. The van der Waals surface area contributed by atoms with E-state index in [1.807, 2.05) is 6.92 Å². The molecule has 2 atom stereocenters. The second kappa shape index (κ2) is 7.00. The van der Waals surface area contributed by atoms with Crippen molar-refractivity contribution in [2.45, 2.75) is 38.0 Å². The number of amides is 1. The predicted octanol–water partition coefficient (Wildman–Crippen LogP) is 1.72. The summed E-state index contributed by atoms with van der Waals surface area (Å²) in [5.41, 5.74) is 1.60. The Labute approximate surface area is 153 Å². The molecule has 26 heavy (non-hydrogen) atoms. The molecule has 1 fully saturated rings. The molecule has 1 N–H and O–H groups in total. The van der Waals surface area contributed by atoms with Gasteiger partial charge < -0.3 is 10.0 Å². The van der Waals surface area contributed by atoms with Gasteiger partial charge in [-0.2, -0.15) is 4.31 Å². The lowest BCUT2D eigenvalue weighted by atomic mass is 9.92. The molecule has 7 nitrogen and oxygen atoms in total. The van der Waals surface area contributed by atoms with Gasteiger partial charge in [-0.1, -0.05) is 13.0 Å². The number of anilines is 1. The molecule has 1 aromatic carbocycles. The lowest BCUT2D eigenvalue weighted by Crippen LogP contribution is -2.45. The Kier molecular flexibility index (Phi) is 5.07. The largest absolute Gasteiger partial charge is 0.481 e. The van der Waals surface area contributed by atoms with Gasteiger partial charge in [-0.15, -0.1) is 0 Å². The Hall–Kier alpha value is -1.93. The minimum atomic E-state index is -3.81. The lowest BCUT2D eigenvalue weighted by Gasteiger charge is -2.34. The summed E-state index contributed by atoms with van der Waals surface area (Å²) in [6.45, 7) is 4.20. The maximum Gasteiger partial charge on any atom is 0.307 e. The molecule has 0 bridgehead atoms. The highest BCUT2D eigenvalue weighted by Crippen LogP contribution is 2.33. The van der Waals surface area contributed by atoms with Crippen molar-refractivity contribution < 1.29 is 23.1 Å². The summed E-state index contributed by atoms with van der Waals surface area (Å²) in [6, 6.07) is 4.88. The fourth-order valence-electron chi connectivity index (χ4n) is 3.87. The van der Waals surface area contributed by atoms with Crippen LogP contribution >= 0.6 is 0 Å². The number of benzene rings is 1. The van der Waals surface area contributed by atoms with Crippen molar-refractivity contribution in [1.82, 2.24) is 4.31 Å². The zero-order chi connectivity index (χ0) is 19.1. The second-order valence-electron chi connectivity index (χ2n) is 7.26. The standard InChI is InChI=1S/C18H24N2O5S/c1-12-8-15(18(22)23)11-19(10-12)26(24,25)16-6-5-14-4-3-7-20(13(2)21)17(14)9-16/h5-6,9,12,15H,3-4,7-8,10-11H2,1-2H3,(H,22,23). The predicted molar refractivity (Wildman–Crippen MR) is 96.5 cm³/mol. The van der Waals surface area contributed by atoms with Crippen LogP contribution < -0.4 is 4.90 Å². The first-order chi connectivity index (χ1) is 12.2. The van der Waals surface area contributed by atoms with Gasteiger partial charge in [0.05, 0.1) is 10.8 Å². The molecule has 0 saturated carbocycles. The Morgan fingerprint density at radius 1 is 1.23 bits per heavy atom. The third-order valence-electron chi connectivity index (χ3n) is 5.17. The minimum Gasteiger partial charge on any atom is -0.481 e. The van der Waals surface area contributed by atoms with E-state index in [9.17, 15) is 23.1 Å². The Bertz CT molecular complexity index is 836. The molecule has 0 aliphatic carbocycles. The van der Waals surface area contributed by atoms with E-state index in [4.69, 9.17) is 0 Å². The van der Waals surface area contributed by atoms with E-state index in [0.29, 0.717) is 25.2 Å². The number of sulfonamides is 1. The van der Waals surface area contributed by atoms with Crippen LogP contribution in [0.1, 0.15) is 32.3 Å². The quantitative estimate of drug-likeness (QED) is 0.861. The normalized spacial score (nSPS) is 24.2. The number of fused-ring (bicyclic) bond motifs is 1. The molecule has 8 heteroatoms. The highest BCUT2D eigenvalue weighted by atomic mass is 32.2. The molecule has 1 amide bonds. The number of rotatable bonds is 3. The van der Waals surface area contributed by atoms with Crippen molar-refractivity contribution in [1.29, 1.82) is 0 Å². The smallest absolute Gasteiger partial charge is 0.307 e. The average Bonchev–Trinajstić information content (AvgIpc) is 2.59. The monoisotopic (exact) mass is 380 g/mol. The number of hydrogen-bond donors (Lipinski definition) is 1. The SMILES string of the molecule is CC(=O)N1CCCc2ccc(S(=O)(=O)N3CC(C)CC(C(=O)O)C3)cc21. The molecule has 0 radical (unpaired) electrons. The van der Waals surface area contributed by atoms with Crippen LogP contribution in [0, 0.1) is 11.8 Å². The van der Waals surface area contributed by atoms with Crippen LogP contribution in [0.5, 0.6) is 0 Å². The van der Waals surface area contributed by atoms with Crippen molar-refractivity contribution in [3.63, 3.8) is 0 Å². The molecule has 1 aromatic rings. The molecule has 1 saturated heterocycles. The van der Waals surface area contributed by atoms with Gasteiger partial charge in [0.2, 0.25) is 15.9 Å². The van der Waals surface area contributed by atoms with Gasteiger partial charge in [0.15, 0.2) is 0 Å². The molecule has 2 heterocycles. The van der Waals surface area contributed by atoms with Crippen molar-refractivity contribution in [3.8, 4) is 0 Å². The zero-order valence-corrected chi connectivity index (χ0v) is 15.8. The molecule has 0 spiro atoms. The van der Waals surface area contributed by atoms with Gasteiger partial charge in [0.25, 0.3) is 0 Å². The molecule has 3 rings (SSSR count). The number of carboxylic acid groups (broad SMARTS) is 1. The number of hydrogen-bond acceptors (Lipinski definition) is 4. The third kappa shape index (κ3) is 3.48. The first-order valence-electron chi connectivity index (χ1n) is 8.84. The Morgan fingerprint density at radius 2 is 1.96 bits per heavy atom. The number of nitrogens with zero attached hydrogens (tertiary/aromatic N) is 2. The van der Waals surface area contributed by atoms with Crippen LogP contribution in [0.3, 0.4) is 0 Å². The van der Waals surface area contributed by atoms with E-state index in [2.05, 4.69) is 0 Å². The number of carbonyl (C=O) groups is 2. The van der Waals surface area contributed by atoms with E-state index in [0.717, 1.165) is 18.4 Å². The summed E-state index contributed by atoms with van der Waals surface area (Å²) >= 11 is 0. The second-order valence-corrected chi connectivity index (χ2v) is 9.20. The summed E-state index contributed by atoms with van der Waals surface area (Å²) in [4.78, 5) is 25.0. The number of aliphatic carboxylic acids is 1. The van der Waals surface area contributed by atoms with Crippen molar-refractivity contribution in [2.75, 3.05) is 24.5 Å². The first kappa shape index (κ1) is 18.8. The van der Waals surface area contributed by atoms with Gasteiger partial charge in [-0.25, -0.2) is 8.42 Å². The molecular weight excluding hydrogens is 356 g/mol. The van der Waals surface area contributed by atoms with Gasteiger partial charge in [-0.3, -0.25) is 9.59 Å². The van der Waals surface area contributed by atoms with E-state index < -0.39 is 21.9 Å². The number of aryl methyl sites for hydroxylation is 1. The van der Waals surface area contributed by atoms with Crippen LogP contribution in [0.15, 0.2) is 23.1 Å². The van der Waals surface area contributed by atoms with E-state index >= 15 is 0 Å². The van der Waals surface area contributed by atoms with Crippen LogP contribution in [-0.2, 0) is 26.0 Å². The van der Waals surface area contributed by atoms with E-state index in [1.165, 1.54) is 11.2 Å². The van der Waals surface area contributed by atoms with Crippen molar-refractivity contribution in [2.24, 2.45) is 11.8 Å². The zero-order valence-electron chi connectivity index (χ0n) is 15.0. The Balaban J connectivity index is 1.96. The molecule has 2 aliphatic heterocycles. The summed E-state index contributed by atoms with van der Waals surface area (Å²) in [7, 11) is -3.81. The van der Waals surface area contributed by atoms with Gasteiger partial charge >= 0.3 is 5.97 Å². The van der Waals surface area contributed by atoms with Crippen LogP contribution in [0.25, 0.3) is 0 Å². The number of piperidine rings is 1. The van der Waals surface area contributed by atoms with Crippen molar-refractivity contribution in [3.05, 3.63) is 23.8 Å². The van der Waals surface area contributed by atoms with E-state index in [1.54, 1.807) is 23.1 Å². The van der Waals surface area contributed by atoms with Gasteiger partial charge in [0, 0.05) is 32.2 Å².